The first-order chi connectivity index (χ1) is 5.10. The second-order valence-corrected chi connectivity index (χ2v) is 3.82. The van der Waals surface area contributed by atoms with E-state index in [-0.39, 0.29) is 0 Å². The fourth-order valence-electron chi connectivity index (χ4n) is 1.66. The van der Waals surface area contributed by atoms with Crippen LogP contribution in [0.25, 0.3) is 0 Å². The van der Waals surface area contributed by atoms with Crippen LogP contribution in [0.3, 0.4) is 0 Å². The maximum Gasteiger partial charge on any atom is 0.0319 e. The summed E-state index contributed by atoms with van der Waals surface area (Å²) in [5, 5.41) is 10.6. The van der Waals surface area contributed by atoms with E-state index in [2.05, 4.69) is 26.1 Å². The second-order valence-electron chi connectivity index (χ2n) is 3.82. The molecule has 1 atom stereocenters. The van der Waals surface area contributed by atoms with Crippen LogP contribution in [-0.4, -0.2) is 23.8 Å². The van der Waals surface area contributed by atoms with Gasteiger partial charge in [0.15, 0.2) is 0 Å². The van der Waals surface area contributed by atoms with Crippen LogP contribution in [0.4, 0.5) is 0 Å². The quantitative estimate of drug-likeness (QED) is 0.562. The molecule has 1 aliphatic rings. The number of nitrogens with one attached hydrogen (secondary N) is 1. The minimum atomic E-state index is 0.400. The van der Waals surface area contributed by atoms with Crippen molar-refractivity contribution in [2.75, 3.05) is 7.11 Å². The Morgan fingerprint density at radius 1 is 1.36 bits per heavy atom. The van der Waals surface area contributed by atoms with E-state index in [4.69, 9.17) is 5.11 Å². The number of aliphatic hydroxyl groups is 1. The van der Waals surface area contributed by atoms with Crippen LogP contribution in [0.2, 0.25) is 0 Å². The lowest BCUT2D eigenvalue weighted by Crippen LogP contribution is -2.47. The molecule has 0 amide bonds. The van der Waals surface area contributed by atoms with Crippen LogP contribution in [0.1, 0.15) is 40.0 Å². The van der Waals surface area contributed by atoms with Crippen molar-refractivity contribution >= 4 is 0 Å². The Morgan fingerprint density at radius 2 is 1.91 bits per heavy atom. The van der Waals surface area contributed by atoms with E-state index < -0.39 is 0 Å². The molecule has 0 aromatic heterocycles. The van der Waals surface area contributed by atoms with Crippen LogP contribution >= 0.6 is 0 Å². The molecule has 1 rings (SSSR count). The molecule has 0 aromatic carbocycles. The van der Waals surface area contributed by atoms with E-state index in [0.717, 1.165) is 13.2 Å². The highest BCUT2D eigenvalue weighted by molar-refractivity contribution is 4.85. The van der Waals surface area contributed by atoms with Gasteiger partial charge in [-0.3, -0.25) is 0 Å². The van der Waals surface area contributed by atoms with Gasteiger partial charge in [-0.15, -0.1) is 0 Å². The number of rotatable bonds is 0. The molecule has 1 saturated heterocycles. The minimum absolute atomic E-state index is 0.400. The fourth-order valence-corrected chi connectivity index (χ4v) is 1.66. The van der Waals surface area contributed by atoms with Crippen molar-refractivity contribution < 1.29 is 5.11 Å². The molecule has 1 heterocycles. The highest BCUT2D eigenvalue weighted by Gasteiger charge is 2.23. The molecule has 0 radical (unpaired) electrons. The standard InChI is InChI=1S/C8H17N.CH4O/c1-7-5-4-6-8(2,3)9-7;1-2/h7,9H,4-6H2,1-3H3;2H,1H3. The van der Waals surface area contributed by atoms with Crippen LogP contribution in [0, 0.1) is 0 Å². The lowest BCUT2D eigenvalue weighted by Gasteiger charge is -2.35. The zero-order valence-electron chi connectivity index (χ0n) is 8.15. The smallest absolute Gasteiger partial charge is 0.0319 e. The Labute approximate surface area is 70.0 Å². The third-order valence-corrected chi connectivity index (χ3v) is 2.08. The molecule has 0 bridgehead atoms. The molecule has 0 saturated carbocycles. The molecular weight excluding hydrogens is 138 g/mol. The van der Waals surface area contributed by atoms with E-state index in [1.54, 1.807) is 0 Å². The van der Waals surface area contributed by atoms with Gasteiger partial charge in [0.2, 0.25) is 0 Å². The molecule has 2 heteroatoms. The Bertz CT molecular complexity index is 102. The van der Waals surface area contributed by atoms with Crippen molar-refractivity contribution in [2.24, 2.45) is 0 Å². The maximum atomic E-state index is 7.00. The van der Waals surface area contributed by atoms with Crippen LogP contribution in [-0.2, 0) is 0 Å². The van der Waals surface area contributed by atoms with E-state index in [0.29, 0.717) is 5.54 Å². The lowest BCUT2D eigenvalue weighted by atomic mass is 9.90. The monoisotopic (exact) mass is 159 g/mol. The summed E-state index contributed by atoms with van der Waals surface area (Å²) in [7, 11) is 1.00. The summed E-state index contributed by atoms with van der Waals surface area (Å²) in [4.78, 5) is 0. The summed E-state index contributed by atoms with van der Waals surface area (Å²) in [5.41, 5.74) is 0.400. The number of piperidine rings is 1. The number of hydrogen-bond acceptors (Lipinski definition) is 2. The number of hydrogen-bond donors (Lipinski definition) is 2. The molecular formula is C9H21NO. The molecule has 0 spiro atoms. The molecule has 1 fully saturated rings. The highest BCUT2D eigenvalue weighted by Crippen LogP contribution is 2.20. The molecule has 68 valence electrons. The first-order valence-electron chi connectivity index (χ1n) is 4.33. The molecule has 11 heavy (non-hydrogen) atoms. The average molecular weight is 159 g/mol. The topological polar surface area (TPSA) is 32.3 Å². The Balaban J connectivity index is 0.000000461. The van der Waals surface area contributed by atoms with Crippen molar-refractivity contribution in [3.8, 4) is 0 Å². The molecule has 0 aromatic rings. The van der Waals surface area contributed by atoms with Gasteiger partial charge in [0.25, 0.3) is 0 Å². The van der Waals surface area contributed by atoms with E-state index in [1.165, 1.54) is 19.3 Å². The SMILES string of the molecule is CC1CCCC(C)(C)N1.CO. The Morgan fingerprint density at radius 3 is 2.18 bits per heavy atom. The zero-order chi connectivity index (χ0) is 8.91. The predicted octanol–water partition coefficient (Wildman–Crippen LogP) is 1.54. The van der Waals surface area contributed by atoms with E-state index in [1.807, 2.05) is 0 Å². The van der Waals surface area contributed by atoms with Gasteiger partial charge in [-0.05, 0) is 33.6 Å². The summed E-state index contributed by atoms with van der Waals surface area (Å²) in [6.07, 6.45) is 4.07. The minimum Gasteiger partial charge on any atom is -0.400 e. The van der Waals surface area contributed by atoms with Gasteiger partial charge in [-0.1, -0.05) is 6.42 Å². The molecule has 1 unspecified atom stereocenters. The first kappa shape index (κ1) is 10.9. The highest BCUT2D eigenvalue weighted by atomic mass is 16.2. The summed E-state index contributed by atoms with van der Waals surface area (Å²) >= 11 is 0. The summed E-state index contributed by atoms with van der Waals surface area (Å²) in [5.74, 6) is 0. The average Bonchev–Trinajstić information content (AvgIpc) is 1.89. The maximum absolute atomic E-state index is 7.00. The van der Waals surface area contributed by atoms with Crippen molar-refractivity contribution in [2.45, 2.75) is 51.6 Å². The van der Waals surface area contributed by atoms with Crippen LogP contribution in [0.15, 0.2) is 0 Å². The number of aliphatic hydroxyl groups excluding tert-OH is 1. The van der Waals surface area contributed by atoms with Gasteiger partial charge < -0.3 is 10.4 Å². The summed E-state index contributed by atoms with van der Waals surface area (Å²) in [6.45, 7) is 6.83. The third kappa shape index (κ3) is 4.38. The van der Waals surface area contributed by atoms with Gasteiger partial charge >= 0.3 is 0 Å². The van der Waals surface area contributed by atoms with Crippen LogP contribution < -0.4 is 5.32 Å². The fraction of sp³-hybridized carbons (Fsp3) is 1.00. The summed E-state index contributed by atoms with van der Waals surface area (Å²) < 4.78 is 0. The van der Waals surface area contributed by atoms with Gasteiger partial charge in [0, 0.05) is 18.7 Å². The van der Waals surface area contributed by atoms with Crippen molar-refractivity contribution in [3.63, 3.8) is 0 Å². The largest absolute Gasteiger partial charge is 0.400 e. The zero-order valence-corrected chi connectivity index (χ0v) is 8.15. The lowest BCUT2D eigenvalue weighted by molar-refractivity contribution is 0.254. The van der Waals surface area contributed by atoms with Gasteiger partial charge in [0.1, 0.15) is 0 Å². The van der Waals surface area contributed by atoms with E-state index in [9.17, 15) is 0 Å². The summed E-state index contributed by atoms with van der Waals surface area (Å²) in [6, 6.07) is 0.730. The van der Waals surface area contributed by atoms with Gasteiger partial charge in [0.05, 0.1) is 0 Å². The van der Waals surface area contributed by atoms with Crippen molar-refractivity contribution in [3.05, 3.63) is 0 Å². The van der Waals surface area contributed by atoms with Gasteiger partial charge in [-0.2, -0.15) is 0 Å². The molecule has 0 aliphatic carbocycles. The molecule has 2 N–H and O–H groups in total. The molecule has 2 nitrogen and oxygen atoms in total. The first-order valence-corrected chi connectivity index (χ1v) is 4.33. The Kier molecular flexibility index (Phi) is 4.69. The predicted molar refractivity (Wildman–Crippen MR) is 48.7 cm³/mol. The third-order valence-electron chi connectivity index (χ3n) is 2.08. The van der Waals surface area contributed by atoms with Crippen LogP contribution in [0.5, 0.6) is 0 Å². The second kappa shape index (κ2) is 4.73. The van der Waals surface area contributed by atoms with Gasteiger partial charge in [-0.25, -0.2) is 0 Å². The van der Waals surface area contributed by atoms with E-state index >= 15 is 0 Å². The molecule has 1 aliphatic heterocycles. The normalized spacial score (nSPS) is 28.6. The van der Waals surface area contributed by atoms with Crippen molar-refractivity contribution in [1.29, 1.82) is 0 Å². The van der Waals surface area contributed by atoms with Crippen molar-refractivity contribution in [1.82, 2.24) is 5.32 Å². The Hall–Kier alpha value is -0.0800.